The third kappa shape index (κ3) is 2.89. The molecule has 1 aliphatic carbocycles. The molecule has 2 rings (SSSR count). The molecule has 0 spiro atoms. The van der Waals surface area contributed by atoms with Crippen LogP contribution in [-0.4, -0.2) is 18.9 Å². The highest BCUT2D eigenvalue weighted by atomic mass is 79.9. The van der Waals surface area contributed by atoms with Gasteiger partial charge < -0.3 is 4.90 Å². The quantitative estimate of drug-likeness (QED) is 0.829. The average Bonchev–Trinajstić information content (AvgIpc) is 2.29. The molecule has 0 aliphatic heterocycles. The van der Waals surface area contributed by atoms with Crippen molar-refractivity contribution in [1.82, 2.24) is 0 Å². The number of hydrogen-bond acceptors (Lipinski definition) is 2. The fourth-order valence-electron chi connectivity index (χ4n) is 2.41. The number of Topliss-reactive ketones (excluding diaryl/α,β-unsaturated/α-hetero) is 1. The number of carbonyl (C=O) groups excluding carboxylic acids is 1. The summed E-state index contributed by atoms with van der Waals surface area (Å²) in [4.78, 5) is 13.6. The largest absolute Gasteiger partial charge is 0.371 e. The number of halogens is 1. The van der Waals surface area contributed by atoms with Gasteiger partial charge in [-0.1, -0.05) is 6.07 Å². The third-order valence-electron chi connectivity index (χ3n) is 3.54. The monoisotopic (exact) mass is 295 g/mol. The second kappa shape index (κ2) is 5.21. The summed E-state index contributed by atoms with van der Waals surface area (Å²) in [7, 11) is 2.12. The Morgan fingerprint density at radius 1 is 1.29 bits per heavy atom. The number of benzene rings is 1. The summed E-state index contributed by atoms with van der Waals surface area (Å²) in [6, 6.07) is 6.91. The minimum Gasteiger partial charge on any atom is -0.371 e. The highest BCUT2D eigenvalue weighted by Crippen LogP contribution is 2.31. The van der Waals surface area contributed by atoms with Crippen molar-refractivity contribution in [2.45, 2.75) is 38.6 Å². The topological polar surface area (TPSA) is 20.3 Å². The van der Waals surface area contributed by atoms with Gasteiger partial charge in [0.25, 0.3) is 0 Å². The fraction of sp³-hybridized carbons (Fsp3) is 0.500. The van der Waals surface area contributed by atoms with E-state index < -0.39 is 0 Å². The van der Waals surface area contributed by atoms with Crippen LogP contribution in [0.3, 0.4) is 0 Å². The third-order valence-corrected chi connectivity index (χ3v) is 4.18. The standard InChI is InChI=1S/C14H18BrNO/c1-10-3-8-14(13(15)9-10)16(2)11-4-6-12(17)7-5-11/h3,8-9,11H,4-7H2,1-2H3. The Balaban J connectivity index is 2.13. The molecular weight excluding hydrogens is 278 g/mol. The van der Waals surface area contributed by atoms with Gasteiger partial charge in [-0.2, -0.15) is 0 Å². The molecule has 0 unspecified atom stereocenters. The highest BCUT2D eigenvalue weighted by molar-refractivity contribution is 9.10. The molecule has 0 aromatic heterocycles. The summed E-state index contributed by atoms with van der Waals surface area (Å²) in [5.74, 6) is 0.414. The van der Waals surface area contributed by atoms with E-state index in [4.69, 9.17) is 0 Å². The van der Waals surface area contributed by atoms with E-state index >= 15 is 0 Å². The van der Waals surface area contributed by atoms with Crippen LogP contribution >= 0.6 is 15.9 Å². The van der Waals surface area contributed by atoms with Crippen LogP contribution in [0.5, 0.6) is 0 Å². The maximum absolute atomic E-state index is 11.3. The average molecular weight is 296 g/mol. The van der Waals surface area contributed by atoms with E-state index in [0.717, 1.165) is 30.2 Å². The lowest BCUT2D eigenvalue weighted by atomic mass is 9.93. The van der Waals surface area contributed by atoms with Crippen molar-refractivity contribution in [2.24, 2.45) is 0 Å². The minimum atomic E-state index is 0.414. The van der Waals surface area contributed by atoms with E-state index in [2.05, 4.69) is 53.0 Å². The second-order valence-corrected chi connectivity index (χ2v) is 5.69. The van der Waals surface area contributed by atoms with Crippen LogP contribution < -0.4 is 4.90 Å². The Morgan fingerprint density at radius 2 is 1.94 bits per heavy atom. The number of carbonyl (C=O) groups is 1. The van der Waals surface area contributed by atoms with E-state index in [1.54, 1.807) is 0 Å². The zero-order chi connectivity index (χ0) is 12.4. The van der Waals surface area contributed by atoms with Crippen LogP contribution in [0.2, 0.25) is 0 Å². The zero-order valence-corrected chi connectivity index (χ0v) is 12.0. The van der Waals surface area contributed by atoms with Crippen molar-refractivity contribution in [2.75, 3.05) is 11.9 Å². The van der Waals surface area contributed by atoms with Gasteiger partial charge in [-0.05, 0) is 53.4 Å². The van der Waals surface area contributed by atoms with Crippen molar-refractivity contribution in [3.63, 3.8) is 0 Å². The number of rotatable bonds is 2. The van der Waals surface area contributed by atoms with Gasteiger partial charge in [0.15, 0.2) is 0 Å². The summed E-state index contributed by atoms with van der Waals surface area (Å²) >= 11 is 3.62. The summed E-state index contributed by atoms with van der Waals surface area (Å²) in [5.41, 5.74) is 2.47. The fourth-order valence-corrected chi connectivity index (χ4v) is 3.18. The zero-order valence-electron chi connectivity index (χ0n) is 10.4. The van der Waals surface area contributed by atoms with Crippen LogP contribution in [0, 0.1) is 6.92 Å². The van der Waals surface area contributed by atoms with Crippen molar-refractivity contribution >= 4 is 27.4 Å². The van der Waals surface area contributed by atoms with E-state index in [-0.39, 0.29) is 0 Å². The number of aryl methyl sites for hydroxylation is 1. The number of anilines is 1. The van der Waals surface area contributed by atoms with Crippen LogP contribution in [-0.2, 0) is 4.79 Å². The number of hydrogen-bond donors (Lipinski definition) is 0. The molecule has 0 radical (unpaired) electrons. The van der Waals surface area contributed by atoms with Crippen molar-refractivity contribution < 1.29 is 4.79 Å². The van der Waals surface area contributed by atoms with Gasteiger partial charge in [0.1, 0.15) is 5.78 Å². The first-order valence-corrected chi connectivity index (χ1v) is 6.88. The lowest BCUT2D eigenvalue weighted by molar-refractivity contribution is -0.120. The first kappa shape index (κ1) is 12.6. The van der Waals surface area contributed by atoms with Crippen LogP contribution in [0.15, 0.2) is 22.7 Å². The molecule has 1 aliphatic rings. The maximum Gasteiger partial charge on any atom is 0.133 e. The number of nitrogens with zero attached hydrogens (tertiary/aromatic N) is 1. The molecule has 0 saturated heterocycles. The van der Waals surface area contributed by atoms with Crippen LogP contribution in [0.1, 0.15) is 31.2 Å². The SMILES string of the molecule is Cc1ccc(N(C)C2CCC(=O)CC2)c(Br)c1. The molecule has 0 atom stereocenters. The summed E-state index contributed by atoms with van der Waals surface area (Å²) in [5, 5.41) is 0. The van der Waals surface area contributed by atoms with E-state index in [0.29, 0.717) is 11.8 Å². The molecule has 3 heteroatoms. The van der Waals surface area contributed by atoms with E-state index in [1.807, 2.05) is 0 Å². The van der Waals surface area contributed by atoms with Gasteiger partial charge in [0.05, 0.1) is 5.69 Å². The van der Waals surface area contributed by atoms with E-state index in [1.165, 1.54) is 11.3 Å². The minimum absolute atomic E-state index is 0.414. The predicted octanol–water partition coefficient (Wildman–Crippen LogP) is 3.71. The molecule has 2 nitrogen and oxygen atoms in total. The lowest BCUT2D eigenvalue weighted by Gasteiger charge is -2.33. The first-order valence-electron chi connectivity index (χ1n) is 6.08. The Bertz CT molecular complexity index is 420. The second-order valence-electron chi connectivity index (χ2n) is 4.84. The predicted molar refractivity (Wildman–Crippen MR) is 74.5 cm³/mol. The van der Waals surface area contributed by atoms with E-state index in [9.17, 15) is 4.79 Å². The van der Waals surface area contributed by atoms with Crippen molar-refractivity contribution in [3.8, 4) is 0 Å². The maximum atomic E-state index is 11.3. The van der Waals surface area contributed by atoms with Crippen LogP contribution in [0.25, 0.3) is 0 Å². The van der Waals surface area contributed by atoms with Gasteiger partial charge >= 0.3 is 0 Å². The normalized spacial score (nSPS) is 17.2. The molecule has 1 fully saturated rings. The molecule has 0 bridgehead atoms. The molecule has 1 aromatic rings. The van der Waals surface area contributed by atoms with Crippen molar-refractivity contribution in [3.05, 3.63) is 28.2 Å². The van der Waals surface area contributed by atoms with Gasteiger partial charge in [0, 0.05) is 30.4 Å². The van der Waals surface area contributed by atoms with Gasteiger partial charge in [0.2, 0.25) is 0 Å². The highest BCUT2D eigenvalue weighted by Gasteiger charge is 2.23. The molecular formula is C14H18BrNO. The smallest absolute Gasteiger partial charge is 0.133 e. The number of ketones is 1. The Morgan fingerprint density at radius 3 is 2.53 bits per heavy atom. The van der Waals surface area contributed by atoms with Crippen molar-refractivity contribution in [1.29, 1.82) is 0 Å². The summed E-state index contributed by atoms with van der Waals surface area (Å²) < 4.78 is 1.14. The Hall–Kier alpha value is -0.830. The molecule has 0 amide bonds. The molecule has 0 heterocycles. The van der Waals surface area contributed by atoms with Gasteiger partial charge in [-0.3, -0.25) is 4.79 Å². The first-order chi connectivity index (χ1) is 8.08. The molecule has 17 heavy (non-hydrogen) atoms. The molecule has 92 valence electrons. The lowest BCUT2D eigenvalue weighted by Crippen LogP contribution is -2.35. The Labute approximate surface area is 111 Å². The van der Waals surface area contributed by atoms with Gasteiger partial charge in [-0.25, -0.2) is 0 Å². The molecule has 0 N–H and O–H groups in total. The Kier molecular flexibility index (Phi) is 3.87. The van der Waals surface area contributed by atoms with Gasteiger partial charge in [-0.15, -0.1) is 0 Å². The molecule has 1 aromatic carbocycles. The summed E-state index contributed by atoms with van der Waals surface area (Å²) in [6.07, 6.45) is 3.43. The summed E-state index contributed by atoms with van der Waals surface area (Å²) in [6.45, 7) is 2.09. The molecule has 1 saturated carbocycles. The van der Waals surface area contributed by atoms with Crippen LogP contribution in [0.4, 0.5) is 5.69 Å².